The summed E-state index contributed by atoms with van der Waals surface area (Å²) in [5, 5.41) is 8.73. The Balaban J connectivity index is 2.80. The van der Waals surface area contributed by atoms with Gasteiger partial charge in [0.2, 0.25) is 0 Å². The summed E-state index contributed by atoms with van der Waals surface area (Å²) >= 11 is 5.68. The lowest BCUT2D eigenvalue weighted by molar-refractivity contribution is -0.137. The summed E-state index contributed by atoms with van der Waals surface area (Å²) in [7, 11) is 1.60. The third-order valence-corrected chi connectivity index (χ3v) is 3.13. The maximum Gasteiger partial charge on any atom is 0.304 e. The van der Waals surface area contributed by atoms with Gasteiger partial charge in [-0.25, -0.2) is 0 Å². The lowest BCUT2D eigenvalue weighted by Gasteiger charge is -2.14. The number of alkyl halides is 1. The number of methoxy groups -OCH3 is 1. The van der Waals surface area contributed by atoms with Crippen LogP contribution in [0.2, 0.25) is 0 Å². The molecule has 0 bridgehead atoms. The Morgan fingerprint density at radius 2 is 2.26 bits per heavy atom. The number of halogens is 1. The highest BCUT2D eigenvalue weighted by Crippen LogP contribution is 2.22. The second-order valence-electron chi connectivity index (χ2n) is 4.50. The van der Waals surface area contributed by atoms with Crippen LogP contribution in [0.5, 0.6) is 5.75 Å². The molecule has 19 heavy (non-hydrogen) atoms. The molecule has 0 aromatic heterocycles. The average Bonchev–Trinajstić information content (AvgIpc) is 2.35. The summed E-state index contributed by atoms with van der Waals surface area (Å²) in [5.41, 5.74) is 7.94. The van der Waals surface area contributed by atoms with E-state index in [-0.39, 0.29) is 6.42 Å². The Hall–Kier alpha value is -1.26. The van der Waals surface area contributed by atoms with Crippen molar-refractivity contribution >= 4 is 17.6 Å². The number of benzene rings is 1. The number of hydrogen-bond acceptors (Lipinski definition) is 3. The number of carbonyl (C=O) groups is 1. The smallest absolute Gasteiger partial charge is 0.304 e. The van der Waals surface area contributed by atoms with Gasteiger partial charge in [-0.3, -0.25) is 4.79 Å². The number of hydrogen-bond donors (Lipinski definition) is 2. The monoisotopic (exact) mass is 285 g/mol. The van der Waals surface area contributed by atoms with E-state index < -0.39 is 12.0 Å². The normalized spacial score (nSPS) is 12.2. The molecule has 0 aliphatic carbocycles. The number of rotatable bonds is 8. The molecule has 1 aromatic carbocycles. The highest BCUT2D eigenvalue weighted by atomic mass is 35.5. The lowest BCUT2D eigenvalue weighted by Crippen LogP contribution is -2.26. The minimum atomic E-state index is -0.884. The van der Waals surface area contributed by atoms with Gasteiger partial charge in [-0.2, -0.15) is 0 Å². The van der Waals surface area contributed by atoms with Crippen molar-refractivity contribution in [3.63, 3.8) is 0 Å². The van der Waals surface area contributed by atoms with Crippen LogP contribution in [-0.2, 0) is 17.6 Å². The predicted molar refractivity (Wildman–Crippen MR) is 76.0 cm³/mol. The van der Waals surface area contributed by atoms with Gasteiger partial charge in [0.1, 0.15) is 5.75 Å². The van der Waals surface area contributed by atoms with Gasteiger partial charge < -0.3 is 15.6 Å². The van der Waals surface area contributed by atoms with Crippen LogP contribution in [0.15, 0.2) is 18.2 Å². The molecule has 1 aromatic rings. The molecule has 1 atom stereocenters. The van der Waals surface area contributed by atoms with Crippen molar-refractivity contribution in [2.24, 2.45) is 5.73 Å². The molecule has 0 aliphatic heterocycles. The Labute approximate surface area is 118 Å². The van der Waals surface area contributed by atoms with E-state index in [0.717, 1.165) is 24.2 Å². The fraction of sp³-hybridized carbons (Fsp3) is 0.500. The van der Waals surface area contributed by atoms with Crippen LogP contribution in [0.25, 0.3) is 0 Å². The van der Waals surface area contributed by atoms with Gasteiger partial charge in [0.05, 0.1) is 13.5 Å². The molecule has 0 unspecified atom stereocenters. The van der Waals surface area contributed by atoms with Crippen molar-refractivity contribution < 1.29 is 14.6 Å². The van der Waals surface area contributed by atoms with Gasteiger partial charge in [-0.05, 0) is 36.5 Å². The van der Waals surface area contributed by atoms with E-state index >= 15 is 0 Å². The molecule has 0 amide bonds. The van der Waals surface area contributed by atoms with E-state index in [1.54, 1.807) is 7.11 Å². The number of carboxylic acid groups (broad SMARTS) is 1. The van der Waals surface area contributed by atoms with E-state index in [1.165, 1.54) is 5.56 Å². The zero-order valence-corrected chi connectivity index (χ0v) is 11.8. The van der Waals surface area contributed by atoms with Crippen molar-refractivity contribution in [2.45, 2.75) is 31.7 Å². The fourth-order valence-corrected chi connectivity index (χ4v) is 2.13. The molecule has 1 rings (SSSR count). The Bertz CT molecular complexity index is 423. The van der Waals surface area contributed by atoms with Crippen LogP contribution in [0.3, 0.4) is 0 Å². The zero-order valence-electron chi connectivity index (χ0n) is 11.1. The standard InChI is InChI=1S/C14H20ClNO3/c1-19-13-5-4-10(3-2-6-15)7-11(13)8-12(16)9-14(17)18/h4-5,7,12H,2-3,6,8-9,16H2,1H3,(H,17,18)/t12-/m0/s1. The Morgan fingerprint density at radius 3 is 2.84 bits per heavy atom. The number of aliphatic carboxylic acids is 1. The maximum atomic E-state index is 10.6. The highest BCUT2D eigenvalue weighted by Gasteiger charge is 2.12. The molecule has 0 spiro atoms. The van der Waals surface area contributed by atoms with E-state index in [9.17, 15) is 4.79 Å². The summed E-state index contributed by atoms with van der Waals surface area (Å²) in [6.07, 6.45) is 2.25. The number of carboxylic acids is 1. The maximum absolute atomic E-state index is 10.6. The van der Waals surface area contributed by atoms with Gasteiger partial charge in [0, 0.05) is 11.9 Å². The van der Waals surface area contributed by atoms with Crippen LogP contribution < -0.4 is 10.5 Å². The van der Waals surface area contributed by atoms with Crippen molar-refractivity contribution in [3.8, 4) is 5.75 Å². The number of ether oxygens (including phenoxy) is 1. The second-order valence-corrected chi connectivity index (χ2v) is 4.88. The molecular weight excluding hydrogens is 266 g/mol. The lowest BCUT2D eigenvalue weighted by atomic mass is 9.99. The van der Waals surface area contributed by atoms with Crippen LogP contribution in [0.1, 0.15) is 24.0 Å². The molecule has 0 heterocycles. The van der Waals surface area contributed by atoms with Gasteiger partial charge in [-0.1, -0.05) is 12.1 Å². The van der Waals surface area contributed by atoms with Crippen LogP contribution in [0.4, 0.5) is 0 Å². The Kier molecular flexibility index (Phi) is 6.67. The molecule has 0 saturated heterocycles. The van der Waals surface area contributed by atoms with E-state index in [2.05, 4.69) is 0 Å². The minimum absolute atomic E-state index is 0.0466. The summed E-state index contributed by atoms with van der Waals surface area (Å²) < 4.78 is 5.28. The zero-order chi connectivity index (χ0) is 14.3. The largest absolute Gasteiger partial charge is 0.496 e. The first-order chi connectivity index (χ1) is 9.06. The topological polar surface area (TPSA) is 72.5 Å². The van der Waals surface area contributed by atoms with Crippen molar-refractivity contribution in [2.75, 3.05) is 13.0 Å². The van der Waals surface area contributed by atoms with Gasteiger partial charge in [-0.15, -0.1) is 11.6 Å². The molecule has 4 nitrogen and oxygen atoms in total. The van der Waals surface area contributed by atoms with Crippen LogP contribution in [-0.4, -0.2) is 30.1 Å². The summed E-state index contributed by atoms with van der Waals surface area (Å²) in [4.78, 5) is 10.6. The molecule has 3 N–H and O–H groups in total. The van der Waals surface area contributed by atoms with E-state index in [0.29, 0.717) is 12.3 Å². The van der Waals surface area contributed by atoms with Gasteiger partial charge >= 0.3 is 5.97 Å². The molecule has 5 heteroatoms. The average molecular weight is 286 g/mol. The molecule has 0 aliphatic rings. The summed E-state index contributed by atoms with van der Waals surface area (Å²) in [6.45, 7) is 0. The van der Waals surface area contributed by atoms with Crippen LogP contribution >= 0.6 is 11.6 Å². The molecular formula is C14H20ClNO3. The number of nitrogens with two attached hydrogens (primary N) is 1. The molecule has 106 valence electrons. The summed E-state index contributed by atoms with van der Waals surface area (Å²) in [6, 6.07) is 5.51. The minimum Gasteiger partial charge on any atom is -0.496 e. The third-order valence-electron chi connectivity index (χ3n) is 2.86. The number of aryl methyl sites for hydroxylation is 1. The van der Waals surface area contributed by atoms with E-state index in [4.69, 9.17) is 27.2 Å². The Morgan fingerprint density at radius 1 is 1.53 bits per heavy atom. The van der Waals surface area contributed by atoms with Gasteiger partial charge in [0.25, 0.3) is 0 Å². The first-order valence-electron chi connectivity index (χ1n) is 6.26. The first kappa shape index (κ1) is 15.8. The first-order valence-corrected chi connectivity index (χ1v) is 6.79. The quantitative estimate of drug-likeness (QED) is 0.718. The van der Waals surface area contributed by atoms with Crippen LogP contribution in [0, 0.1) is 0 Å². The van der Waals surface area contributed by atoms with Crippen molar-refractivity contribution in [1.29, 1.82) is 0 Å². The second kappa shape index (κ2) is 8.02. The predicted octanol–water partition coefficient (Wildman–Crippen LogP) is 2.21. The molecule has 0 fully saturated rings. The molecule has 0 radical (unpaired) electrons. The summed E-state index contributed by atoms with van der Waals surface area (Å²) in [5.74, 6) is 0.486. The fourth-order valence-electron chi connectivity index (χ4n) is 2.00. The third kappa shape index (κ3) is 5.49. The van der Waals surface area contributed by atoms with Crippen molar-refractivity contribution in [3.05, 3.63) is 29.3 Å². The van der Waals surface area contributed by atoms with Crippen molar-refractivity contribution in [1.82, 2.24) is 0 Å². The molecule has 0 saturated carbocycles. The van der Waals surface area contributed by atoms with Gasteiger partial charge in [0.15, 0.2) is 0 Å². The van der Waals surface area contributed by atoms with E-state index in [1.807, 2.05) is 18.2 Å². The highest BCUT2D eigenvalue weighted by molar-refractivity contribution is 6.17. The SMILES string of the molecule is COc1ccc(CCCCl)cc1C[C@H](N)CC(=O)O.